The molecule has 0 aromatic rings. The minimum atomic E-state index is 1.26. The van der Waals surface area contributed by atoms with Crippen LogP contribution >= 0.6 is 0 Å². The standard InChI is InChI=1S/C28H50.C28H6.C20H36.C20H6.C12H22.C12H6.C8H14.C4H8/c2*1-3-5-7-9-11-13-15-17-19-21-23-25-27-28-26-24-22-20-18-16-14-12-10-8-6-4-2;2*1-3-5-7-9-11-13-15-17-19-20-18-16-14-12-10-8-6-4-2;2*1-3-5-7-9-11-12-10-8-6-4-2;1-2-4-6-8-7-5-3-1;1-3-4-2/h3-6,19-22H,7-18,23-28H2,1-2H3;1-2H3;3-6,19-20H,7-18H2,1-2H3;1-2H3;3-6H,7-12H2,1-2H3;1-2H3;1-2H,3-8H2;3-4H,1-2H3/b5-3+,6-4+,21-19+,22-20+;;5-3+,6-4+,20-19+;;5-3+,6-4+;;;4-3+. The van der Waals surface area contributed by atoms with Crippen LogP contribution in [0.1, 0.15) is 367 Å². The fourth-order valence-electron chi connectivity index (χ4n) is 9.78. The van der Waals surface area contributed by atoms with E-state index in [1.165, 1.54) is 270 Å². The van der Waals surface area contributed by atoms with Gasteiger partial charge in [0.15, 0.2) is 0 Å². The normalized spacial score (nSPS) is 8.98. The number of rotatable bonds is 42. The van der Waals surface area contributed by atoms with Crippen molar-refractivity contribution in [3.05, 3.63) is 134 Å². The van der Waals surface area contributed by atoms with Crippen molar-refractivity contribution in [2.45, 2.75) is 367 Å². The molecule has 0 atom stereocenters. The zero-order valence-corrected chi connectivity index (χ0v) is 83.4. The molecule has 0 N–H and O–H groups in total. The average molecular weight is 1730 g/mol. The Labute approximate surface area is 814 Å². The van der Waals surface area contributed by atoms with Gasteiger partial charge in [0.1, 0.15) is 0 Å². The lowest BCUT2D eigenvalue weighted by molar-refractivity contribution is 0.638. The van der Waals surface area contributed by atoms with Crippen molar-refractivity contribution >= 4 is 0 Å². The van der Waals surface area contributed by atoms with Crippen LogP contribution < -0.4 is 0 Å². The molecular formula is C132H148. The lowest BCUT2D eigenvalue weighted by atomic mass is 10.1. The van der Waals surface area contributed by atoms with E-state index in [-0.39, 0.29) is 0 Å². The SMILES string of the molecule is C/C=C/C.C/C=C/CCCCCC/C=C/C.C/C=C/CCCCCC/C=C/CCCCCC/C=C/C.C/C=C/CCCCCC/C=C/CCCCCC/C=C/CCCCCC/C=C/C.C1=CCCCCCC1.CC#CC#CC#CC#CC#CC.CC#CC#CC#CC#CC#CC#CC#CC#CC#CC.CC#CC#CC#CC#CC#CC#CC#CC#CC#CC#CC#CC#CC#CC. The molecule has 676 valence electrons. The van der Waals surface area contributed by atoms with Gasteiger partial charge in [-0.2, -0.15) is 0 Å². The summed E-state index contributed by atoms with van der Waals surface area (Å²) < 4.78 is 0. The highest BCUT2D eigenvalue weighted by atomic mass is 14.0. The number of allylic oxidation sites excluding steroid dienone is 22. The fourth-order valence-corrected chi connectivity index (χ4v) is 9.78. The lowest BCUT2D eigenvalue weighted by Gasteiger charge is -2.00. The molecule has 0 spiro atoms. The van der Waals surface area contributed by atoms with Gasteiger partial charge in [-0.25, -0.2) is 0 Å². The van der Waals surface area contributed by atoms with E-state index in [9.17, 15) is 0 Å². The van der Waals surface area contributed by atoms with E-state index in [0.717, 1.165) is 0 Å². The Kier molecular flexibility index (Phi) is 143. The molecule has 132 heavy (non-hydrogen) atoms. The third-order valence-corrected chi connectivity index (χ3v) is 16.4. The Hall–Kier alpha value is -14.7. The molecule has 0 fully saturated rings. The summed E-state index contributed by atoms with van der Waals surface area (Å²) in [7, 11) is 0. The summed E-state index contributed by atoms with van der Waals surface area (Å²) in [6.45, 7) is 26.8. The molecule has 1 rings (SSSR count). The first-order valence-electron chi connectivity index (χ1n) is 47.3. The predicted molar refractivity (Wildman–Crippen MR) is 584 cm³/mol. The van der Waals surface area contributed by atoms with Gasteiger partial charge in [0, 0.05) is 47.4 Å². The molecule has 0 unspecified atom stereocenters. The van der Waals surface area contributed by atoms with Crippen molar-refractivity contribution in [2.24, 2.45) is 0 Å². The van der Waals surface area contributed by atoms with E-state index in [1.54, 1.807) is 41.5 Å². The second kappa shape index (κ2) is 145. The topological polar surface area (TPSA) is 0 Å². The zero-order valence-electron chi connectivity index (χ0n) is 83.4. The Bertz CT molecular complexity index is 4960. The molecule has 0 nitrogen and oxygen atoms in total. The van der Waals surface area contributed by atoms with Crippen LogP contribution in [0.5, 0.6) is 0 Å². The second-order valence-electron chi connectivity index (χ2n) is 27.4. The summed E-state index contributed by atoms with van der Waals surface area (Å²) in [6, 6.07) is 0. The minimum Gasteiger partial charge on any atom is -0.0925 e. The molecule has 0 aliphatic heterocycles. The Balaban J connectivity index is -0.000000282. The molecule has 1 aliphatic carbocycles. The average Bonchev–Trinajstić information content (AvgIpc) is 1.09. The number of unbranched alkanes of at least 4 members (excludes halogenated alkanes) is 30. The van der Waals surface area contributed by atoms with Crippen LogP contribution in [-0.2, 0) is 0 Å². The van der Waals surface area contributed by atoms with Crippen molar-refractivity contribution in [1.29, 1.82) is 0 Å². The highest BCUT2D eigenvalue weighted by Gasteiger charge is 1.94. The quantitative estimate of drug-likeness (QED) is 0.0325. The molecule has 0 amide bonds. The summed E-state index contributed by atoms with van der Waals surface area (Å²) in [6.07, 6.45) is 106. The zero-order chi connectivity index (χ0) is 97.4. The van der Waals surface area contributed by atoms with Gasteiger partial charge in [-0.05, 0) is 514 Å². The first-order valence-corrected chi connectivity index (χ1v) is 47.3. The van der Waals surface area contributed by atoms with Gasteiger partial charge in [-0.15, -0.1) is 0 Å². The van der Waals surface area contributed by atoms with Crippen molar-refractivity contribution < 1.29 is 0 Å². The third-order valence-electron chi connectivity index (χ3n) is 16.4. The molecule has 0 heterocycles. The van der Waals surface area contributed by atoms with E-state index in [4.69, 9.17) is 0 Å². The summed E-state index contributed by atoms with van der Waals surface area (Å²) in [5, 5.41) is 0. The Morgan fingerprint density at radius 2 is 0.235 bits per heavy atom. The summed E-state index contributed by atoms with van der Waals surface area (Å²) in [5.41, 5.74) is 0. The highest BCUT2D eigenvalue weighted by molar-refractivity contribution is 5.50. The Morgan fingerprint density at radius 1 is 0.129 bits per heavy atom. The van der Waals surface area contributed by atoms with Crippen LogP contribution in [-0.4, -0.2) is 0 Å². The third kappa shape index (κ3) is 162. The van der Waals surface area contributed by atoms with Gasteiger partial charge in [0.2, 0.25) is 0 Å². The van der Waals surface area contributed by atoms with Gasteiger partial charge >= 0.3 is 0 Å². The van der Waals surface area contributed by atoms with Gasteiger partial charge in [0.25, 0.3) is 0 Å². The molecule has 0 bridgehead atoms. The predicted octanol–water partition coefficient (Wildman–Crippen LogP) is 29.8. The molecule has 0 aromatic carbocycles. The summed E-state index contributed by atoms with van der Waals surface area (Å²) in [4.78, 5) is 0. The summed E-state index contributed by atoms with van der Waals surface area (Å²) in [5.74, 6) is 137. The molecule has 0 heteroatoms. The monoisotopic (exact) mass is 1730 g/mol. The van der Waals surface area contributed by atoms with E-state index < -0.39 is 0 Å². The van der Waals surface area contributed by atoms with Crippen LogP contribution in [0.2, 0.25) is 0 Å². The van der Waals surface area contributed by atoms with E-state index in [2.05, 4.69) is 483 Å². The van der Waals surface area contributed by atoms with Gasteiger partial charge in [0.05, 0.1) is 0 Å². The maximum atomic E-state index is 2.63. The van der Waals surface area contributed by atoms with Crippen LogP contribution in [0.4, 0.5) is 0 Å². The summed E-state index contributed by atoms with van der Waals surface area (Å²) >= 11 is 0. The maximum absolute atomic E-state index is 2.63. The molecule has 0 saturated heterocycles. The lowest BCUT2D eigenvalue weighted by Crippen LogP contribution is -1.80. The van der Waals surface area contributed by atoms with Crippen molar-refractivity contribution in [3.8, 4) is 320 Å². The van der Waals surface area contributed by atoms with Crippen LogP contribution in [0.3, 0.4) is 0 Å². The fraction of sp³-hybridized carbons (Fsp3) is 0.424. The van der Waals surface area contributed by atoms with Gasteiger partial charge in [-0.3, -0.25) is 0 Å². The first kappa shape index (κ1) is 130. The molecule has 0 aromatic heterocycles. The van der Waals surface area contributed by atoms with Gasteiger partial charge in [-0.1, -0.05) is 259 Å². The van der Waals surface area contributed by atoms with Crippen LogP contribution in [0.25, 0.3) is 0 Å². The minimum absolute atomic E-state index is 1.26. The number of hydrogen-bond acceptors (Lipinski definition) is 0. The van der Waals surface area contributed by atoms with E-state index in [0.29, 0.717) is 0 Å². The van der Waals surface area contributed by atoms with Crippen LogP contribution in [0, 0.1) is 320 Å². The Morgan fingerprint density at radius 3 is 0.333 bits per heavy atom. The second-order valence-corrected chi connectivity index (χ2v) is 27.4. The molecule has 0 saturated carbocycles. The largest absolute Gasteiger partial charge is 0.0925 e. The van der Waals surface area contributed by atoms with Crippen molar-refractivity contribution in [3.63, 3.8) is 0 Å². The van der Waals surface area contributed by atoms with Crippen LogP contribution in [0.15, 0.2) is 134 Å². The number of hydrogen-bond donors (Lipinski definition) is 0. The highest BCUT2D eigenvalue weighted by Crippen LogP contribution is 2.14. The molecule has 1 aliphatic rings. The van der Waals surface area contributed by atoms with Crippen molar-refractivity contribution in [1.82, 2.24) is 0 Å². The molecular weight excluding hydrogens is 1590 g/mol. The molecule has 0 radical (unpaired) electrons. The van der Waals surface area contributed by atoms with Gasteiger partial charge < -0.3 is 0 Å². The van der Waals surface area contributed by atoms with E-state index in [1.807, 2.05) is 26.0 Å². The van der Waals surface area contributed by atoms with Crippen molar-refractivity contribution in [2.75, 3.05) is 0 Å². The maximum Gasteiger partial charge on any atom is 0 e. The van der Waals surface area contributed by atoms with E-state index >= 15 is 0 Å². The first-order chi connectivity index (χ1) is 65.4. The smallest absolute Gasteiger partial charge is 0 e.